The fourth-order valence-corrected chi connectivity index (χ4v) is 1.32. The zero-order chi connectivity index (χ0) is 10.8. The summed E-state index contributed by atoms with van der Waals surface area (Å²) in [5, 5.41) is 3.88. The molecule has 0 spiro atoms. The minimum Gasteiger partial charge on any atom is -0.337 e. The summed E-state index contributed by atoms with van der Waals surface area (Å²) in [6, 6.07) is 7.72. The van der Waals surface area contributed by atoms with Gasteiger partial charge in [-0.25, -0.2) is 0 Å². The first-order chi connectivity index (χ1) is 7.16. The van der Waals surface area contributed by atoms with Gasteiger partial charge in [0.2, 0.25) is 11.7 Å². The second-order valence-corrected chi connectivity index (χ2v) is 3.61. The van der Waals surface area contributed by atoms with Gasteiger partial charge in [-0.2, -0.15) is 4.98 Å². The first-order valence-electron chi connectivity index (χ1n) is 4.83. The zero-order valence-corrected chi connectivity index (χ0v) is 8.77. The summed E-state index contributed by atoms with van der Waals surface area (Å²) in [6.45, 7) is 3.84. The van der Waals surface area contributed by atoms with Crippen LogP contribution in [-0.2, 0) is 0 Å². The lowest BCUT2D eigenvalue weighted by Gasteiger charge is -1.96. The maximum absolute atomic E-state index is 5.64. The van der Waals surface area contributed by atoms with Crippen LogP contribution in [0.15, 0.2) is 28.8 Å². The van der Waals surface area contributed by atoms with Crippen LogP contribution in [0.1, 0.15) is 24.4 Å². The number of aromatic nitrogens is 2. The summed E-state index contributed by atoms with van der Waals surface area (Å²) in [7, 11) is 0. The molecule has 0 aliphatic heterocycles. The molecule has 2 N–H and O–H groups in total. The summed E-state index contributed by atoms with van der Waals surface area (Å²) in [5.74, 6) is 1.05. The van der Waals surface area contributed by atoms with Crippen molar-refractivity contribution in [2.24, 2.45) is 5.73 Å². The molecule has 0 aliphatic rings. The Morgan fingerprint density at radius 1 is 1.40 bits per heavy atom. The Morgan fingerprint density at radius 3 is 2.80 bits per heavy atom. The van der Waals surface area contributed by atoms with Gasteiger partial charge >= 0.3 is 0 Å². The van der Waals surface area contributed by atoms with Crippen molar-refractivity contribution in [2.75, 3.05) is 0 Å². The number of hydrogen-bond acceptors (Lipinski definition) is 4. The number of benzene rings is 1. The Morgan fingerprint density at radius 2 is 2.20 bits per heavy atom. The number of rotatable bonds is 2. The molecule has 1 heterocycles. The van der Waals surface area contributed by atoms with E-state index in [0.29, 0.717) is 11.7 Å². The van der Waals surface area contributed by atoms with Crippen LogP contribution in [0.25, 0.3) is 11.4 Å². The van der Waals surface area contributed by atoms with Gasteiger partial charge in [0.1, 0.15) is 0 Å². The molecule has 0 amide bonds. The lowest BCUT2D eigenvalue weighted by molar-refractivity contribution is 0.362. The average molecular weight is 203 g/mol. The van der Waals surface area contributed by atoms with Crippen molar-refractivity contribution >= 4 is 0 Å². The monoisotopic (exact) mass is 203 g/mol. The predicted octanol–water partition coefficient (Wildman–Crippen LogP) is 2.06. The molecule has 15 heavy (non-hydrogen) atoms. The minimum absolute atomic E-state index is 0.226. The second kappa shape index (κ2) is 3.82. The van der Waals surface area contributed by atoms with Gasteiger partial charge in [0.25, 0.3) is 0 Å². The highest BCUT2D eigenvalue weighted by Gasteiger charge is 2.11. The summed E-state index contributed by atoms with van der Waals surface area (Å²) in [5.41, 5.74) is 7.75. The Kier molecular flexibility index (Phi) is 2.51. The van der Waals surface area contributed by atoms with Crippen molar-refractivity contribution in [2.45, 2.75) is 19.9 Å². The van der Waals surface area contributed by atoms with Gasteiger partial charge in [-0.15, -0.1) is 0 Å². The molecule has 0 aliphatic carbocycles. The van der Waals surface area contributed by atoms with E-state index in [1.807, 2.05) is 38.1 Å². The van der Waals surface area contributed by atoms with E-state index >= 15 is 0 Å². The number of nitrogens with zero attached hydrogens (tertiary/aromatic N) is 2. The molecule has 0 fully saturated rings. The molecule has 0 saturated heterocycles. The summed E-state index contributed by atoms with van der Waals surface area (Å²) < 4.78 is 5.03. The molecule has 1 unspecified atom stereocenters. The molecule has 4 heteroatoms. The van der Waals surface area contributed by atoms with Crippen LogP contribution in [-0.4, -0.2) is 10.1 Å². The summed E-state index contributed by atoms with van der Waals surface area (Å²) >= 11 is 0. The summed E-state index contributed by atoms with van der Waals surface area (Å²) in [4.78, 5) is 4.22. The van der Waals surface area contributed by atoms with Crippen LogP contribution in [0.5, 0.6) is 0 Å². The van der Waals surface area contributed by atoms with E-state index in [1.54, 1.807) is 0 Å². The number of nitrogens with two attached hydrogens (primary N) is 1. The molecular formula is C11H13N3O. The van der Waals surface area contributed by atoms with Gasteiger partial charge in [0, 0.05) is 5.56 Å². The van der Waals surface area contributed by atoms with Crippen molar-refractivity contribution < 1.29 is 4.52 Å². The highest BCUT2D eigenvalue weighted by atomic mass is 16.5. The maximum atomic E-state index is 5.64. The second-order valence-electron chi connectivity index (χ2n) is 3.61. The van der Waals surface area contributed by atoms with E-state index in [4.69, 9.17) is 10.3 Å². The van der Waals surface area contributed by atoms with Crippen LogP contribution in [0.4, 0.5) is 0 Å². The molecular weight excluding hydrogens is 190 g/mol. The number of aryl methyl sites for hydroxylation is 1. The largest absolute Gasteiger partial charge is 0.337 e. The van der Waals surface area contributed by atoms with Gasteiger partial charge in [-0.1, -0.05) is 28.9 Å². The van der Waals surface area contributed by atoms with Gasteiger partial charge in [0.05, 0.1) is 6.04 Å². The van der Waals surface area contributed by atoms with Crippen molar-refractivity contribution in [1.82, 2.24) is 10.1 Å². The first kappa shape index (κ1) is 9.86. The standard InChI is InChI=1S/C11H13N3O/c1-7-4-3-5-9(6-7)10-13-11(8(2)12)15-14-10/h3-6,8H,12H2,1-2H3. The van der Waals surface area contributed by atoms with Crippen LogP contribution in [0.3, 0.4) is 0 Å². The smallest absolute Gasteiger partial charge is 0.243 e. The lowest BCUT2D eigenvalue weighted by atomic mass is 10.1. The van der Waals surface area contributed by atoms with Crippen LogP contribution in [0.2, 0.25) is 0 Å². The molecule has 0 bridgehead atoms. The van der Waals surface area contributed by atoms with E-state index in [2.05, 4.69) is 10.1 Å². The Labute approximate surface area is 88.1 Å². The summed E-state index contributed by atoms with van der Waals surface area (Å²) in [6.07, 6.45) is 0. The zero-order valence-electron chi connectivity index (χ0n) is 8.77. The van der Waals surface area contributed by atoms with Crippen molar-refractivity contribution in [3.63, 3.8) is 0 Å². The topological polar surface area (TPSA) is 64.9 Å². The molecule has 4 nitrogen and oxygen atoms in total. The van der Waals surface area contributed by atoms with E-state index in [1.165, 1.54) is 5.56 Å². The van der Waals surface area contributed by atoms with E-state index in [9.17, 15) is 0 Å². The molecule has 1 aromatic carbocycles. The van der Waals surface area contributed by atoms with Crippen LogP contribution >= 0.6 is 0 Å². The molecule has 2 aromatic rings. The van der Waals surface area contributed by atoms with Gasteiger partial charge in [-0.05, 0) is 19.9 Å². The average Bonchev–Trinajstić information content (AvgIpc) is 2.66. The predicted molar refractivity (Wildman–Crippen MR) is 57.1 cm³/mol. The van der Waals surface area contributed by atoms with E-state index in [0.717, 1.165) is 5.56 Å². The van der Waals surface area contributed by atoms with Gasteiger partial charge in [0.15, 0.2) is 0 Å². The first-order valence-corrected chi connectivity index (χ1v) is 4.83. The number of hydrogen-bond donors (Lipinski definition) is 1. The maximum Gasteiger partial charge on any atom is 0.243 e. The molecule has 1 atom stereocenters. The SMILES string of the molecule is Cc1cccc(-c2noc(C(C)N)n2)c1. The molecule has 2 rings (SSSR count). The van der Waals surface area contributed by atoms with Gasteiger partial charge < -0.3 is 10.3 Å². The fraction of sp³-hybridized carbons (Fsp3) is 0.273. The van der Waals surface area contributed by atoms with Crippen LogP contribution in [0, 0.1) is 6.92 Å². The quantitative estimate of drug-likeness (QED) is 0.811. The third kappa shape index (κ3) is 2.05. The normalized spacial score (nSPS) is 12.7. The van der Waals surface area contributed by atoms with Crippen molar-refractivity contribution in [1.29, 1.82) is 0 Å². The van der Waals surface area contributed by atoms with Gasteiger partial charge in [-0.3, -0.25) is 0 Å². The lowest BCUT2D eigenvalue weighted by Crippen LogP contribution is -2.04. The van der Waals surface area contributed by atoms with E-state index in [-0.39, 0.29) is 6.04 Å². The third-order valence-electron chi connectivity index (χ3n) is 2.11. The molecule has 0 radical (unpaired) electrons. The fourth-order valence-electron chi connectivity index (χ4n) is 1.32. The van der Waals surface area contributed by atoms with Crippen LogP contribution < -0.4 is 5.73 Å². The Hall–Kier alpha value is -1.68. The van der Waals surface area contributed by atoms with Crippen molar-refractivity contribution in [3.8, 4) is 11.4 Å². The highest BCUT2D eigenvalue weighted by Crippen LogP contribution is 2.18. The molecule has 0 saturated carbocycles. The molecule has 1 aromatic heterocycles. The Balaban J connectivity index is 2.37. The minimum atomic E-state index is -0.226. The Bertz CT molecular complexity index is 462. The highest BCUT2D eigenvalue weighted by molar-refractivity contribution is 5.55. The third-order valence-corrected chi connectivity index (χ3v) is 2.11. The molecule has 78 valence electrons. The van der Waals surface area contributed by atoms with E-state index < -0.39 is 0 Å². The van der Waals surface area contributed by atoms with Crippen molar-refractivity contribution in [3.05, 3.63) is 35.7 Å².